The summed E-state index contributed by atoms with van der Waals surface area (Å²) in [6.07, 6.45) is 3.40. The van der Waals surface area contributed by atoms with Gasteiger partial charge in [0.25, 0.3) is 5.91 Å². The molecule has 1 aliphatic heterocycles. The Kier molecular flexibility index (Phi) is 4.48. The molecule has 3 aromatic rings. The highest BCUT2D eigenvalue weighted by Gasteiger charge is 2.51. The number of methoxy groups -OCH3 is 1. The molecule has 2 atom stereocenters. The fourth-order valence-electron chi connectivity index (χ4n) is 6.01. The Balaban J connectivity index is 1.46. The molecule has 0 unspecified atom stereocenters. The van der Waals surface area contributed by atoms with Crippen molar-refractivity contribution in [2.45, 2.75) is 46.1 Å². The van der Waals surface area contributed by atoms with Crippen molar-refractivity contribution in [1.82, 2.24) is 4.90 Å². The van der Waals surface area contributed by atoms with Crippen molar-refractivity contribution in [2.24, 2.45) is 10.8 Å². The number of carbonyl (C=O) groups is 1. The van der Waals surface area contributed by atoms with Crippen molar-refractivity contribution in [3.63, 3.8) is 0 Å². The number of hydrogen-bond acceptors (Lipinski definition) is 3. The number of thiophene rings is 1. The van der Waals surface area contributed by atoms with Gasteiger partial charge in [-0.15, -0.1) is 11.3 Å². The molecule has 1 saturated heterocycles. The first-order valence-electron chi connectivity index (χ1n) is 10.7. The molecular formula is C26H29NO2S. The van der Waals surface area contributed by atoms with Crippen LogP contribution in [0.25, 0.3) is 20.5 Å². The third-order valence-corrected chi connectivity index (χ3v) is 7.96. The summed E-state index contributed by atoms with van der Waals surface area (Å²) >= 11 is 1.76. The largest absolute Gasteiger partial charge is 0.496 e. The molecule has 1 saturated carbocycles. The predicted octanol–water partition coefficient (Wildman–Crippen LogP) is 6.62. The summed E-state index contributed by atoms with van der Waals surface area (Å²) in [6.45, 7) is 7.89. The Morgan fingerprint density at radius 1 is 1.10 bits per heavy atom. The molecule has 2 aromatic carbocycles. The van der Waals surface area contributed by atoms with Crippen LogP contribution < -0.4 is 4.74 Å². The van der Waals surface area contributed by atoms with Crippen molar-refractivity contribution < 1.29 is 9.53 Å². The summed E-state index contributed by atoms with van der Waals surface area (Å²) in [4.78, 5) is 16.8. The normalized spacial score (nSPS) is 24.9. The zero-order valence-electron chi connectivity index (χ0n) is 18.2. The van der Waals surface area contributed by atoms with Crippen molar-refractivity contribution >= 4 is 27.3 Å². The highest BCUT2D eigenvalue weighted by molar-refractivity contribution is 7.22. The van der Waals surface area contributed by atoms with Gasteiger partial charge in [0.05, 0.1) is 7.11 Å². The van der Waals surface area contributed by atoms with E-state index in [4.69, 9.17) is 4.74 Å². The van der Waals surface area contributed by atoms with Gasteiger partial charge in [0.2, 0.25) is 0 Å². The standard InChI is InChI=1S/C26H29NO2S/c1-25(2)13-19-14-26(3,15-25)16-27(19)24(28)18-9-10-20(21(11-18)29-4)23-12-17-7-5-6-8-22(17)30-23/h5-12,19H,13-16H2,1-4H3/t19-,26-/m1/s1. The van der Waals surface area contributed by atoms with Gasteiger partial charge in [-0.05, 0) is 65.8 Å². The molecule has 1 aromatic heterocycles. The quantitative estimate of drug-likeness (QED) is 0.477. The number of ether oxygens (including phenoxy) is 1. The van der Waals surface area contributed by atoms with Crippen LogP contribution >= 0.6 is 11.3 Å². The molecule has 0 radical (unpaired) electrons. The van der Waals surface area contributed by atoms with E-state index < -0.39 is 0 Å². The number of nitrogens with zero attached hydrogens (tertiary/aromatic N) is 1. The number of carbonyl (C=O) groups excluding carboxylic acids is 1. The molecule has 2 bridgehead atoms. The predicted molar refractivity (Wildman–Crippen MR) is 124 cm³/mol. The maximum atomic E-state index is 13.5. The Labute approximate surface area is 182 Å². The second-order valence-corrected chi connectivity index (χ2v) is 11.3. The van der Waals surface area contributed by atoms with E-state index in [0.717, 1.165) is 36.3 Å². The Morgan fingerprint density at radius 3 is 2.67 bits per heavy atom. The van der Waals surface area contributed by atoms with Crippen molar-refractivity contribution in [3.8, 4) is 16.2 Å². The molecule has 5 rings (SSSR count). The second-order valence-electron chi connectivity index (χ2n) is 10.2. The van der Waals surface area contributed by atoms with Gasteiger partial charge >= 0.3 is 0 Å². The molecule has 0 spiro atoms. The highest BCUT2D eigenvalue weighted by Crippen LogP contribution is 2.52. The van der Waals surface area contributed by atoms with E-state index in [2.05, 4.69) is 56.0 Å². The van der Waals surface area contributed by atoms with Crippen LogP contribution in [0.4, 0.5) is 0 Å². The lowest BCUT2D eigenvalue weighted by atomic mass is 9.65. The average Bonchev–Trinajstić information content (AvgIpc) is 3.24. The second kappa shape index (κ2) is 6.84. The number of hydrogen-bond donors (Lipinski definition) is 0. The van der Waals surface area contributed by atoms with Gasteiger partial charge in [0.1, 0.15) is 5.75 Å². The molecule has 156 valence electrons. The zero-order valence-corrected chi connectivity index (χ0v) is 19.0. The van der Waals surface area contributed by atoms with Crippen LogP contribution in [0.15, 0.2) is 48.5 Å². The van der Waals surface area contributed by atoms with Crippen LogP contribution in [0, 0.1) is 10.8 Å². The van der Waals surface area contributed by atoms with Crippen LogP contribution in [0.5, 0.6) is 5.75 Å². The molecule has 4 heteroatoms. The molecule has 1 aliphatic carbocycles. The SMILES string of the molecule is COc1cc(C(=O)N2C[C@]3(C)C[C@H]2CC(C)(C)C3)ccc1-c1cc2ccccc2s1. The number of rotatable bonds is 3. The molecule has 2 heterocycles. The molecule has 1 amide bonds. The van der Waals surface area contributed by atoms with Crippen molar-refractivity contribution in [2.75, 3.05) is 13.7 Å². The van der Waals surface area contributed by atoms with E-state index in [1.54, 1.807) is 18.4 Å². The minimum Gasteiger partial charge on any atom is -0.496 e. The number of fused-ring (bicyclic) bond motifs is 3. The minimum absolute atomic E-state index is 0.141. The van der Waals surface area contributed by atoms with E-state index in [0.29, 0.717) is 11.5 Å². The third-order valence-electron chi connectivity index (χ3n) is 6.82. The topological polar surface area (TPSA) is 29.5 Å². The smallest absolute Gasteiger partial charge is 0.254 e. The van der Waals surface area contributed by atoms with Crippen LogP contribution in [0.2, 0.25) is 0 Å². The first-order chi connectivity index (χ1) is 14.3. The number of amides is 1. The first kappa shape index (κ1) is 19.6. The maximum absolute atomic E-state index is 13.5. The zero-order chi connectivity index (χ0) is 21.1. The van der Waals surface area contributed by atoms with Crippen LogP contribution in [-0.2, 0) is 0 Å². The summed E-state index contributed by atoms with van der Waals surface area (Å²) in [6, 6.07) is 16.9. The molecule has 3 nitrogen and oxygen atoms in total. The van der Waals surface area contributed by atoms with Gasteiger partial charge in [0, 0.05) is 33.3 Å². The van der Waals surface area contributed by atoms with Gasteiger partial charge in [-0.2, -0.15) is 0 Å². The van der Waals surface area contributed by atoms with Gasteiger partial charge in [0.15, 0.2) is 0 Å². The lowest BCUT2D eigenvalue weighted by molar-refractivity contribution is 0.0708. The van der Waals surface area contributed by atoms with Crippen LogP contribution in [0.3, 0.4) is 0 Å². The van der Waals surface area contributed by atoms with Crippen LogP contribution in [0.1, 0.15) is 50.4 Å². The van der Waals surface area contributed by atoms with E-state index in [-0.39, 0.29) is 11.3 Å². The Morgan fingerprint density at radius 2 is 1.90 bits per heavy atom. The first-order valence-corrected chi connectivity index (χ1v) is 11.6. The monoisotopic (exact) mass is 419 g/mol. The van der Waals surface area contributed by atoms with Crippen LogP contribution in [-0.4, -0.2) is 30.5 Å². The van der Waals surface area contributed by atoms with Crippen molar-refractivity contribution in [3.05, 3.63) is 54.1 Å². The lowest BCUT2D eigenvalue weighted by Crippen LogP contribution is -2.37. The van der Waals surface area contributed by atoms with E-state index in [1.807, 2.05) is 18.2 Å². The molecule has 30 heavy (non-hydrogen) atoms. The Bertz CT molecular complexity index is 1100. The van der Waals surface area contributed by atoms with Gasteiger partial charge in [-0.25, -0.2) is 0 Å². The fraction of sp³-hybridized carbons (Fsp3) is 0.423. The van der Waals surface area contributed by atoms with E-state index in [9.17, 15) is 4.79 Å². The molecule has 2 fully saturated rings. The maximum Gasteiger partial charge on any atom is 0.254 e. The molecule has 2 aliphatic rings. The minimum atomic E-state index is 0.141. The summed E-state index contributed by atoms with van der Waals surface area (Å²) < 4.78 is 6.98. The summed E-state index contributed by atoms with van der Waals surface area (Å²) in [5.41, 5.74) is 2.31. The van der Waals surface area contributed by atoms with Gasteiger partial charge in [-0.3, -0.25) is 4.79 Å². The number of likely N-dealkylation sites (tertiary alicyclic amines) is 1. The highest BCUT2D eigenvalue weighted by atomic mass is 32.1. The van der Waals surface area contributed by atoms with E-state index in [1.165, 1.54) is 21.4 Å². The van der Waals surface area contributed by atoms with Gasteiger partial charge in [-0.1, -0.05) is 39.0 Å². The van der Waals surface area contributed by atoms with Gasteiger partial charge < -0.3 is 9.64 Å². The Hall–Kier alpha value is -2.33. The molecular weight excluding hydrogens is 390 g/mol. The summed E-state index contributed by atoms with van der Waals surface area (Å²) in [5.74, 6) is 0.906. The summed E-state index contributed by atoms with van der Waals surface area (Å²) in [7, 11) is 1.69. The third kappa shape index (κ3) is 3.31. The lowest BCUT2D eigenvalue weighted by Gasteiger charge is -2.39. The summed E-state index contributed by atoms with van der Waals surface area (Å²) in [5, 5.41) is 1.24. The molecule has 0 N–H and O–H groups in total. The average molecular weight is 420 g/mol. The fourth-order valence-corrected chi connectivity index (χ4v) is 7.10. The number of benzene rings is 2. The van der Waals surface area contributed by atoms with E-state index >= 15 is 0 Å². The van der Waals surface area contributed by atoms with Crippen molar-refractivity contribution in [1.29, 1.82) is 0 Å².